The van der Waals surface area contributed by atoms with Crippen LogP contribution in [0.5, 0.6) is 0 Å². The van der Waals surface area contributed by atoms with E-state index in [9.17, 15) is 4.79 Å². The lowest BCUT2D eigenvalue weighted by Crippen LogP contribution is -2.21. The van der Waals surface area contributed by atoms with Gasteiger partial charge in [-0.25, -0.2) is 0 Å². The molecule has 1 aromatic rings. The molecule has 0 unspecified atom stereocenters. The molecule has 0 radical (unpaired) electrons. The molecular weight excluding hydrogens is 166 g/mol. The van der Waals surface area contributed by atoms with Crippen LogP contribution in [0.4, 0.5) is 5.88 Å². The monoisotopic (exact) mass is 181 g/mol. The van der Waals surface area contributed by atoms with Crippen molar-refractivity contribution in [3.63, 3.8) is 0 Å². The standard InChI is InChI=1S/C10H15NO2/c1-3-8(4-2)10(12)11-9-6-5-7-13-9/h5-8H,3-4H2,1-2H3,(H,11,12). The molecule has 3 heteroatoms. The average molecular weight is 181 g/mol. The molecule has 0 atom stereocenters. The fourth-order valence-electron chi connectivity index (χ4n) is 1.23. The number of carbonyl (C=O) groups excluding carboxylic acids is 1. The first kappa shape index (κ1) is 9.84. The Balaban J connectivity index is 2.49. The predicted molar refractivity (Wildman–Crippen MR) is 51.4 cm³/mol. The van der Waals surface area contributed by atoms with Crippen LogP contribution < -0.4 is 5.32 Å². The molecule has 0 fully saturated rings. The van der Waals surface area contributed by atoms with Crippen LogP contribution in [0.15, 0.2) is 22.8 Å². The normalized spacial score (nSPS) is 10.4. The van der Waals surface area contributed by atoms with E-state index in [1.54, 1.807) is 18.4 Å². The summed E-state index contributed by atoms with van der Waals surface area (Å²) in [4.78, 5) is 11.5. The highest BCUT2D eigenvalue weighted by atomic mass is 16.3. The zero-order valence-corrected chi connectivity index (χ0v) is 8.04. The van der Waals surface area contributed by atoms with Gasteiger partial charge in [-0.15, -0.1) is 0 Å². The first-order valence-electron chi connectivity index (χ1n) is 4.62. The molecule has 1 aromatic heterocycles. The summed E-state index contributed by atoms with van der Waals surface area (Å²) in [6.07, 6.45) is 3.27. The molecule has 1 rings (SSSR count). The minimum Gasteiger partial charge on any atom is -0.449 e. The third kappa shape index (κ3) is 2.61. The van der Waals surface area contributed by atoms with Crippen LogP contribution in [-0.2, 0) is 4.79 Å². The number of furan rings is 1. The highest BCUT2D eigenvalue weighted by Gasteiger charge is 2.14. The summed E-state index contributed by atoms with van der Waals surface area (Å²) in [5.41, 5.74) is 0. The molecule has 1 amide bonds. The second kappa shape index (κ2) is 4.70. The van der Waals surface area contributed by atoms with Gasteiger partial charge in [0.25, 0.3) is 0 Å². The maximum atomic E-state index is 11.5. The molecule has 0 aliphatic heterocycles. The Morgan fingerprint density at radius 1 is 1.54 bits per heavy atom. The number of amides is 1. The van der Waals surface area contributed by atoms with Crippen molar-refractivity contribution in [2.24, 2.45) is 5.92 Å². The van der Waals surface area contributed by atoms with Crippen LogP contribution in [-0.4, -0.2) is 5.91 Å². The van der Waals surface area contributed by atoms with Gasteiger partial charge in [0.15, 0.2) is 5.88 Å². The number of nitrogens with one attached hydrogen (secondary N) is 1. The fraction of sp³-hybridized carbons (Fsp3) is 0.500. The highest BCUT2D eigenvalue weighted by Crippen LogP contribution is 2.13. The summed E-state index contributed by atoms with van der Waals surface area (Å²) in [7, 11) is 0. The van der Waals surface area contributed by atoms with Crippen molar-refractivity contribution in [1.29, 1.82) is 0 Å². The van der Waals surface area contributed by atoms with Crippen LogP contribution in [0.3, 0.4) is 0 Å². The van der Waals surface area contributed by atoms with Gasteiger partial charge in [-0.3, -0.25) is 10.1 Å². The van der Waals surface area contributed by atoms with E-state index in [0.29, 0.717) is 5.88 Å². The van der Waals surface area contributed by atoms with E-state index in [1.807, 2.05) is 13.8 Å². The molecular formula is C10H15NO2. The number of rotatable bonds is 4. The summed E-state index contributed by atoms with van der Waals surface area (Å²) in [6.45, 7) is 4.02. The highest BCUT2D eigenvalue weighted by molar-refractivity contribution is 5.91. The molecule has 0 aliphatic rings. The third-order valence-corrected chi connectivity index (χ3v) is 2.12. The minimum atomic E-state index is 0.0416. The van der Waals surface area contributed by atoms with Crippen molar-refractivity contribution < 1.29 is 9.21 Å². The number of anilines is 1. The van der Waals surface area contributed by atoms with E-state index in [2.05, 4.69) is 5.32 Å². The lowest BCUT2D eigenvalue weighted by Gasteiger charge is -2.10. The Morgan fingerprint density at radius 2 is 2.23 bits per heavy atom. The molecule has 0 aliphatic carbocycles. The van der Waals surface area contributed by atoms with Gasteiger partial charge in [0.1, 0.15) is 0 Å². The Labute approximate surface area is 78.1 Å². The smallest absolute Gasteiger partial charge is 0.229 e. The van der Waals surface area contributed by atoms with E-state index in [-0.39, 0.29) is 11.8 Å². The van der Waals surface area contributed by atoms with Gasteiger partial charge >= 0.3 is 0 Å². The minimum absolute atomic E-state index is 0.0416. The van der Waals surface area contributed by atoms with Gasteiger partial charge in [-0.05, 0) is 18.9 Å². The molecule has 0 spiro atoms. The van der Waals surface area contributed by atoms with Gasteiger partial charge in [0, 0.05) is 12.0 Å². The molecule has 0 saturated heterocycles. The zero-order chi connectivity index (χ0) is 9.68. The van der Waals surface area contributed by atoms with Crippen molar-refractivity contribution in [2.75, 3.05) is 5.32 Å². The lowest BCUT2D eigenvalue weighted by molar-refractivity contribution is -0.120. The fourth-order valence-corrected chi connectivity index (χ4v) is 1.23. The van der Waals surface area contributed by atoms with Crippen LogP contribution in [0, 0.1) is 5.92 Å². The predicted octanol–water partition coefficient (Wildman–Crippen LogP) is 2.65. The van der Waals surface area contributed by atoms with Gasteiger partial charge in [-0.1, -0.05) is 13.8 Å². The molecule has 1 N–H and O–H groups in total. The molecule has 13 heavy (non-hydrogen) atoms. The molecule has 72 valence electrons. The van der Waals surface area contributed by atoms with E-state index >= 15 is 0 Å². The second-order valence-electron chi connectivity index (χ2n) is 2.98. The van der Waals surface area contributed by atoms with Crippen molar-refractivity contribution in [1.82, 2.24) is 0 Å². The first-order chi connectivity index (χ1) is 6.27. The largest absolute Gasteiger partial charge is 0.449 e. The Hall–Kier alpha value is -1.25. The van der Waals surface area contributed by atoms with Gasteiger partial charge < -0.3 is 4.42 Å². The molecule has 0 bridgehead atoms. The maximum Gasteiger partial charge on any atom is 0.229 e. The van der Waals surface area contributed by atoms with Gasteiger partial charge in [0.05, 0.1) is 6.26 Å². The number of hydrogen-bond acceptors (Lipinski definition) is 2. The van der Waals surface area contributed by atoms with E-state index < -0.39 is 0 Å². The summed E-state index contributed by atoms with van der Waals surface area (Å²) < 4.78 is 5.01. The first-order valence-corrected chi connectivity index (χ1v) is 4.62. The maximum absolute atomic E-state index is 11.5. The Morgan fingerprint density at radius 3 is 2.69 bits per heavy atom. The van der Waals surface area contributed by atoms with Crippen molar-refractivity contribution in [2.45, 2.75) is 26.7 Å². The van der Waals surface area contributed by atoms with Gasteiger partial charge in [-0.2, -0.15) is 0 Å². The molecule has 3 nitrogen and oxygen atoms in total. The molecule has 0 saturated carbocycles. The number of carbonyl (C=O) groups is 1. The van der Waals surface area contributed by atoms with Crippen LogP contribution in [0.1, 0.15) is 26.7 Å². The molecule has 1 heterocycles. The third-order valence-electron chi connectivity index (χ3n) is 2.12. The van der Waals surface area contributed by atoms with E-state index in [1.165, 1.54) is 0 Å². The van der Waals surface area contributed by atoms with Crippen LogP contribution >= 0.6 is 0 Å². The van der Waals surface area contributed by atoms with E-state index in [4.69, 9.17) is 4.42 Å². The Kier molecular flexibility index (Phi) is 3.55. The van der Waals surface area contributed by atoms with Gasteiger partial charge in [0.2, 0.25) is 5.91 Å². The summed E-state index contributed by atoms with van der Waals surface area (Å²) in [5.74, 6) is 0.655. The SMILES string of the molecule is CCC(CC)C(=O)Nc1ccco1. The van der Waals surface area contributed by atoms with Crippen molar-refractivity contribution in [3.05, 3.63) is 18.4 Å². The second-order valence-corrected chi connectivity index (χ2v) is 2.98. The number of hydrogen-bond donors (Lipinski definition) is 1. The topological polar surface area (TPSA) is 42.2 Å². The lowest BCUT2D eigenvalue weighted by atomic mass is 10.0. The molecule has 0 aromatic carbocycles. The van der Waals surface area contributed by atoms with E-state index in [0.717, 1.165) is 12.8 Å². The quantitative estimate of drug-likeness (QED) is 0.775. The summed E-state index contributed by atoms with van der Waals surface area (Å²) in [6, 6.07) is 3.49. The zero-order valence-electron chi connectivity index (χ0n) is 8.04. The Bertz CT molecular complexity index is 250. The van der Waals surface area contributed by atoms with Crippen molar-refractivity contribution >= 4 is 11.8 Å². The average Bonchev–Trinajstić information content (AvgIpc) is 2.59. The summed E-state index contributed by atoms with van der Waals surface area (Å²) in [5, 5.41) is 2.72. The van der Waals surface area contributed by atoms with Crippen molar-refractivity contribution in [3.8, 4) is 0 Å². The van der Waals surface area contributed by atoms with Crippen LogP contribution in [0.2, 0.25) is 0 Å². The summed E-state index contributed by atoms with van der Waals surface area (Å²) >= 11 is 0. The van der Waals surface area contributed by atoms with Crippen LogP contribution in [0.25, 0.3) is 0 Å².